The van der Waals surface area contributed by atoms with Crippen LogP contribution in [0.1, 0.15) is 11.3 Å². The standard InChI is InChI=1S/C13H11ClN2OS/c1-8-5-6-9(14)7-11(8)17-12-4-2-3-10(16-12)13(15)18/h2-7H,1H3,(H2,15,18). The molecule has 2 N–H and O–H groups in total. The van der Waals surface area contributed by atoms with Gasteiger partial charge in [-0.25, -0.2) is 4.98 Å². The SMILES string of the molecule is Cc1ccc(Cl)cc1Oc1cccc(C(N)=S)n1. The molecule has 0 saturated heterocycles. The van der Waals surface area contributed by atoms with Gasteiger partial charge in [0, 0.05) is 11.1 Å². The van der Waals surface area contributed by atoms with Gasteiger partial charge >= 0.3 is 0 Å². The normalized spacial score (nSPS) is 10.1. The van der Waals surface area contributed by atoms with E-state index in [1.54, 1.807) is 24.3 Å². The molecule has 0 atom stereocenters. The first-order valence-electron chi connectivity index (χ1n) is 5.27. The second-order valence-electron chi connectivity index (χ2n) is 3.74. The van der Waals surface area contributed by atoms with Gasteiger partial charge in [0.25, 0.3) is 0 Å². The number of hydrogen-bond donors (Lipinski definition) is 1. The Labute approximate surface area is 116 Å². The fourth-order valence-electron chi connectivity index (χ4n) is 1.41. The Bertz CT molecular complexity index is 601. The van der Waals surface area contributed by atoms with Crippen LogP contribution in [0.4, 0.5) is 0 Å². The average molecular weight is 279 g/mol. The Morgan fingerprint density at radius 1 is 1.33 bits per heavy atom. The van der Waals surface area contributed by atoms with Crippen molar-refractivity contribution < 1.29 is 4.74 Å². The largest absolute Gasteiger partial charge is 0.439 e. The molecule has 0 bridgehead atoms. The number of pyridine rings is 1. The van der Waals surface area contributed by atoms with Crippen molar-refractivity contribution in [1.29, 1.82) is 0 Å². The van der Waals surface area contributed by atoms with Crippen molar-refractivity contribution in [2.45, 2.75) is 6.92 Å². The molecule has 0 aliphatic rings. The molecule has 1 aromatic heterocycles. The summed E-state index contributed by atoms with van der Waals surface area (Å²) in [7, 11) is 0. The molecule has 0 radical (unpaired) electrons. The second-order valence-corrected chi connectivity index (χ2v) is 4.61. The molecule has 0 amide bonds. The zero-order valence-corrected chi connectivity index (χ0v) is 11.3. The lowest BCUT2D eigenvalue weighted by molar-refractivity contribution is 0.459. The summed E-state index contributed by atoms with van der Waals surface area (Å²) >= 11 is 10.8. The minimum absolute atomic E-state index is 0.239. The molecule has 1 aromatic carbocycles. The maximum absolute atomic E-state index is 5.92. The summed E-state index contributed by atoms with van der Waals surface area (Å²) in [5, 5.41) is 0.612. The number of rotatable bonds is 3. The lowest BCUT2D eigenvalue weighted by Gasteiger charge is -2.08. The smallest absolute Gasteiger partial charge is 0.219 e. The molecule has 2 rings (SSSR count). The van der Waals surface area contributed by atoms with E-state index >= 15 is 0 Å². The highest BCUT2D eigenvalue weighted by Crippen LogP contribution is 2.26. The van der Waals surface area contributed by atoms with Crippen LogP contribution in [0.15, 0.2) is 36.4 Å². The maximum atomic E-state index is 5.92. The van der Waals surface area contributed by atoms with E-state index in [0.717, 1.165) is 5.56 Å². The van der Waals surface area contributed by atoms with Crippen LogP contribution in [0.2, 0.25) is 5.02 Å². The zero-order valence-electron chi connectivity index (χ0n) is 9.68. The van der Waals surface area contributed by atoms with Crippen molar-refractivity contribution in [2.24, 2.45) is 5.73 Å². The predicted octanol–water partition coefficient (Wildman–Crippen LogP) is 3.47. The summed E-state index contributed by atoms with van der Waals surface area (Å²) < 4.78 is 5.67. The number of ether oxygens (including phenoxy) is 1. The van der Waals surface area contributed by atoms with E-state index in [0.29, 0.717) is 22.3 Å². The van der Waals surface area contributed by atoms with Crippen LogP contribution in [0.5, 0.6) is 11.6 Å². The zero-order chi connectivity index (χ0) is 13.1. The van der Waals surface area contributed by atoms with Crippen molar-refractivity contribution in [3.05, 3.63) is 52.7 Å². The fourth-order valence-corrected chi connectivity index (χ4v) is 1.68. The third kappa shape index (κ3) is 2.97. The lowest BCUT2D eigenvalue weighted by Crippen LogP contribution is -2.11. The van der Waals surface area contributed by atoms with Crippen molar-refractivity contribution >= 4 is 28.8 Å². The summed E-state index contributed by atoms with van der Waals surface area (Å²) in [6.45, 7) is 1.93. The van der Waals surface area contributed by atoms with Gasteiger partial charge in [-0.3, -0.25) is 0 Å². The average Bonchev–Trinajstić information content (AvgIpc) is 2.34. The Hall–Kier alpha value is -1.65. The van der Waals surface area contributed by atoms with Gasteiger partial charge < -0.3 is 10.5 Å². The van der Waals surface area contributed by atoms with Crippen LogP contribution in [0, 0.1) is 6.92 Å². The summed E-state index contributed by atoms with van der Waals surface area (Å²) in [5.41, 5.74) is 7.03. The molecule has 0 unspecified atom stereocenters. The van der Waals surface area contributed by atoms with E-state index < -0.39 is 0 Å². The van der Waals surface area contributed by atoms with E-state index in [-0.39, 0.29) is 4.99 Å². The van der Waals surface area contributed by atoms with Crippen LogP contribution in [0.3, 0.4) is 0 Å². The third-order valence-corrected chi connectivity index (χ3v) is 2.78. The lowest BCUT2D eigenvalue weighted by atomic mass is 10.2. The maximum Gasteiger partial charge on any atom is 0.219 e. The molecule has 1 heterocycles. The summed E-state index contributed by atoms with van der Waals surface area (Å²) in [5.74, 6) is 1.10. The van der Waals surface area contributed by atoms with Crippen LogP contribution < -0.4 is 10.5 Å². The quantitative estimate of drug-likeness (QED) is 0.874. The number of aryl methyl sites for hydroxylation is 1. The first kappa shape index (κ1) is 12.8. The first-order chi connectivity index (χ1) is 8.56. The van der Waals surface area contributed by atoms with E-state index in [1.807, 2.05) is 19.1 Å². The highest BCUT2D eigenvalue weighted by Gasteiger charge is 2.05. The van der Waals surface area contributed by atoms with Gasteiger partial charge in [0.15, 0.2) is 0 Å². The van der Waals surface area contributed by atoms with Gasteiger partial charge in [-0.2, -0.15) is 0 Å². The molecule has 5 heteroatoms. The summed E-state index contributed by atoms with van der Waals surface area (Å²) in [6.07, 6.45) is 0. The number of hydrogen-bond acceptors (Lipinski definition) is 3. The van der Waals surface area contributed by atoms with Crippen LogP contribution in [-0.4, -0.2) is 9.97 Å². The molecule has 0 spiro atoms. The van der Waals surface area contributed by atoms with Gasteiger partial charge in [0.2, 0.25) is 5.88 Å². The molecule has 18 heavy (non-hydrogen) atoms. The molecule has 0 aliphatic heterocycles. The number of nitrogens with two attached hydrogens (primary N) is 1. The monoisotopic (exact) mass is 278 g/mol. The number of halogens is 1. The highest BCUT2D eigenvalue weighted by atomic mass is 35.5. The molecular weight excluding hydrogens is 268 g/mol. The summed E-state index contributed by atoms with van der Waals surface area (Å²) in [4.78, 5) is 4.45. The van der Waals surface area contributed by atoms with Crippen LogP contribution in [0.25, 0.3) is 0 Å². The Balaban J connectivity index is 2.31. The molecule has 0 saturated carbocycles. The van der Waals surface area contributed by atoms with Crippen molar-refractivity contribution in [3.8, 4) is 11.6 Å². The van der Waals surface area contributed by atoms with E-state index in [1.165, 1.54) is 0 Å². The summed E-state index contributed by atoms with van der Waals surface area (Å²) in [6, 6.07) is 10.7. The highest BCUT2D eigenvalue weighted by molar-refractivity contribution is 7.80. The van der Waals surface area contributed by atoms with Gasteiger partial charge in [-0.1, -0.05) is 36.0 Å². The molecule has 2 aromatic rings. The topological polar surface area (TPSA) is 48.1 Å². The number of thiocarbonyl (C=S) groups is 1. The minimum Gasteiger partial charge on any atom is -0.439 e. The second kappa shape index (κ2) is 5.33. The van der Waals surface area contributed by atoms with E-state index in [2.05, 4.69) is 4.98 Å². The Kier molecular flexibility index (Phi) is 3.79. The van der Waals surface area contributed by atoms with Gasteiger partial charge in [-0.05, 0) is 30.7 Å². The number of aromatic nitrogens is 1. The number of benzene rings is 1. The molecular formula is C13H11ClN2OS. The van der Waals surface area contributed by atoms with Gasteiger partial charge in [-0.15, -0.1) is 0 Å². The van der Waals surface area contributed by atoms with Crippen molar-refractivity contribution in [2.75, 3.05) is 0 Å². The third-order valence-electron chi connectivity index (χ3n) is 2.34. The first-order valence-corrected chi connectivity index (χ1v) is 6.06. The van der Waals surface area contributed by atoms with Crippen molar-refractivity contribution in [1.82, 2.24) is 4.98 Å². The van der Waals surface area contributed by atoms with Gasteiger partial charge in [0.1, 0.15) is 16.4 Å². The number of nitrogens with zero attached hydrogens (tertiary/aromatic N) is 1. The minimum atomic E-state index is 0.239. The van der Waals surface area contributed by atoms with Crippen molar-refractivity contribution in [3.63, 3.8) is 0 Å². The predicted molar refractivity (Wildman–Crippen MR) is 76.4 cm³/mol. The van der Waals surface area contributed by atoms with Crippen LogP contribution >= 0.6 is 23.8 Å². The Morgan fingerprint density at radius 3 is 2.83 bits per heavy atom. The molecule has 0 aliphatic carbocycles. The molecule has 3 nitrogen and oxygen atoms in total. The molecule has 0 fully saturated rings. The van der Waals surface area contributed by atoms with Crippen LogP contribution in [-0.2, 0) is 0 Å². The van der Waals surface area contributed by atoms with E-state index in [9.17, 15) is 0 Å². The van der Waals surface area contributed by atoms with E-state index in [4.69, 9.17) is 34.3 Å². The van der Waals surface area contributed by atoms with Gasteiger partial charge in [0.05, 0.1) is 0 Å². The fraction of sp³-hybridized carbons (Fsp3) is 0.0769. The molecule has 92 valence electrons. The Morgan fingerprint density at radius 2 is 2.11 bits per heavy atom.